The third kappa shape index (κ3) is 2.66. The molecule has 0 bridgehead atoms. The van der Waals surface area contributed by atoms with Gasteiger partial charge in [0.15, 0.2) is 5.65 Å². The zero-order valence-electron chi connectivity index (χ0n) is 12.7. The fourth-order valence-electron chi connectivity index (χ4n) is 2.73. The van der Waals surface area contributed by atoms with Crippen LogP contribution in [0.15, 0.2) is 24.7 Å². The van der Waals surface area contributed by atoms with Gasteiger partial charge in [-0.1, -0.05) is 0 Å². The van der Waals surface area contributed by atoms with Crippen molar-refractivity contribution in [1.82, 2.24) is 24.8 Å². The molecule has 116 valence electrons. The zero-order chi connectivity index (χ0) is 15.7. The Bertz CT molecular complexity index is 709. The molecule has 2 aromatic heterocycles. The van der Waals surface area contributed by atoms with Crippen LogP contribution in [0.5, 0.6) is 0 Å². The molecule has 0 saturated carbocycles. The number of nitrogens with zero attached hydrogens (tertiary/aromatic N) is 4. The minimum Gasteiger partial charge on any atom is -0.352 e. The summed E-state index contributed by atoms with van der Waals surface area (Å²) in [5.41, 5.74) is 1.59. The van der Waals surface area contributed by atoms with Crippen molar-refractivity contribution in [2.45, 2.75) is 32.9 Å². The van der Waals surface area contributed by atoms with Crippen molar-refractivity contribution in [2.24, 2.45) is 5.92 Å². The highest BCUT2D eigenvalue weighted by Gasteiger charge is 2.35. The standard InChI is InChI=1S/C15H19N5O2/c1-10(2)19-9-11(6-13(19)21)15(22)17-7-12-8-18-20-5-3-4-16-14(12)20/h3-5,8,10-11H,6-7,9H2,1-2H3,(H,17,22)/t11-/m0/s1. The number of carbonyl (C=O) groups is 2. The summed E-state index contributed by atoms with van der Waals surface area (Å²) in [7, 11) is 0. The maximum absolute atomic E-state index is 12.3. The molecule has 3 rings (SSSR count). The van der Waals surface area contributed by atoms with Gasteiger partial charge in [0.05, 0.1) is 12.1 Å². The van der Waals surface area contributed by atoms with Crippen LogP contribution in [0, 0.1) is 5.92 Å². The molecule has 7 heteroatoms. The fraction of sp³-hybridized carbons (Fsp3) is 0.467. The van der Waals surface area contributed by atoms with Crippen LogP contribution >= 0.6 is 0 Å². The first-order chi connectivity index (χ1) is 10.6. The lowest BCUT2D eigenvalue weighted by Crippen LogP contribution is -2.35. The second-order valence-electron chi connectivity index (χ2n) is 5.82. The molecule has 1 atom stereocenters. The quantitative estimate of drug-likeness (QED) is 0.897. The molecule has 1 fully saturated rings. The van der Waals surface area contributed by atoms with Crippen LogP contribution in [-0.2, 0) is 16.1 Å². The summed E-state index contributed by atoms with van der Waals surface area (Å²) in [6.07, 6.45) is 5.49. The van der Waals surface area contributed by atoms with Crippen molar-refractivity contribution >= 4 is 17.5 Å². The first-order valence-corrected chi connectivity index (χ1v) is 7.40. The summed E-state index contributed by atoms with van der Waals surface area (Å²) in [4.78, 5) is 30.1. The van der Waals surface area contributed by atoms with Crippen molar-refractivity contribution in [1.29, 1.82) is 0 Å². The first-order valence-electron chi connectivity index (χ1n) is 7.40. The fourth-order valence-corrected chi connectivity index (χ4v) is 2.73. The molecular formula is C15H19N5O2. The highest BCUT2D eigenvalue weighted by Crippen LogP contribution is 2.20. The Kier molecular flexibility index (Phi) is 3.79. The van der Waals surface area contributed by atoms with Gasteiger partial charge in [0, 0.05) is 43.5 Å². The van der Waals surface area contributed by atoms with Crippen LogP contribution < -0.4 is 5.32 Å². The third-order valence-electron chi connectivity index (χ3n) is 3.96. The highest BCUT2D eigenvalue weighted by molar-refractivity contribution is 5.89. The van der Waals surface area contributed by atoms with Gasteiger partial charge in [-0.15, -0.1) is 0 Å². The lowest BCUT2D eigenvalue weighted by molar-refractivity contribution is -0.129. The molecule has 1 aliphatic heterocycles. The van der Waals surface area contributed by atoms with E-state index >= 15 is 0 Å². The average Bonchev–Trinajstić information content (AvgIpc) is 3.08. The van der Waals surface area contributed by atoms with Gasteiger partial charge < -0.3 is 10.2 Å². The van der Waals surface area contributed by atoms with Gasteiger partial charge in [0.2, 0.25) is 11.8 Å². The molecule has 1 aliphatic rings. The minimum atomic E-state index is -0.273. The number of rotatable bonds is 4. The van der Waals surface area contributed by atoms with E-state index in [1.165, 1.54) is 0 Å². The molecule has 7 nitrogen and oxygen atoms in total. The largest absolute Gasteiger partial charge is 0.352 e. The molecule has 1 saturated heterocycles. The average molecular weight is 301 g/mol. The van der Waals surface area contributed by atoms with Crippen LogP contribution in [-0.4, -0.2) is 43.9 Å². The number of hydrogen-bond acceptors (Lipinski definition) is 4. The van der Waals surface area contributed by atoms with Crippen LogP contribution in [0.3, 0.4) is 0 Å². The van der Waals surface area contributed by atoms with Gasteiger partial charge in [0.1, 0.15) is 0 Å². The van der Waals surface area contributed by atoms with E-state index in [4.69, 9.17) is 0 Å². The Hall–Kier alpha value is -2.44. The van der Waals surface area contributed by atoms with Gasteiger partial charge in [-0.25, -0.2) is 9.50 Å². The smallest absolute Gasteiger partial charge is 0.225 e. The van der Waals surface area contributed by atoms with E-state index in [9.17, 15) is 9.59 Å². The lowest BCUT2D eigenvalue weighted by atomic mass is 10.1. The van der Waals surface area contributed by atoms with Crippen molar-refractivity contribution in [3.63, 3.8) is 0 Å². The Morgan fingerprint density at radius 3 is 3.05 bits per heavy atom. The van der Waals surface area contributed by atoms with E-state index in [-0.39, 0.29) is 30.2 Å². The van der Waals surface area contributed by atoms with E-state index in [1.54, 1.807) is 27.9 Å². The van der Waals surface area contributed by atoms with Crippen molar-refractivity contribution in [3.05, 3.63) is 30.2 Å². The van der Waals surface area contributed by atoms with Gasteiger partial charge in [-0.2, -0.15) is 5.10 Å². The molecule has 0 aliphatic carbocycles. The normalized spacial score (nSPS) is 18.4. The molecule has 0 radical (unpaired) electrons. The maximum Gasteiger partial charge on any atom is 0.225 e. The minimum absolute atomic E-state index is 0.0489. The zero-order valence-corrected chi connectivity index (χ0v) is 12.7. The number of likely N-dealkylation sites (tertiary alicyclic amines) is 1. The Labute approximate surface area is 128 Å². The number of nitrogens with one attached hydrogen (secondary N) is 1. The van der Waals surface area contributed by atoms with E-state index in [2.05, 4.69) is 15.4 Å². The first kappa shape index (κ1) is 14.5. The maximum atomic E-state index is 12.3. The summed E-state index contributed by atoms with van der Waals surface area (Å²) in [5.74, 6) is -0.315. The van der Waals surface area contributed by atoms with E-state index in [0.717, 1.165) is 11.2 Å². The SMILES string of the molecule is CC(C)N1C[C@@H](C(=O)NCc2cnn3cccnc23)CC1=O. The second-order valence-corrected chi connectivity index (χ2v) is 5.82. The van der Waals surface area contributed by atoms with E-state index < -0.39 is 0 Å². The lowest BCUT2D eigenvalue weighted by Gasteiger charge is -2.20. The van der Waals surface area contributed by atoms with Gasteiger partial charge >= 0.3 is 0 Å². The molecule has 22 heavy (non-hydrogen) atoms. The van der Waals surface area contributed by atoms with Crippen LogP contribution in [0.4, 0.5) is 0 Å². The van der Waals surface area contributed by atoms with Gasteiger partial charge in [-0.3, -0.25) is 9.59 Å². The summed E-state index contributed by atoms with van der Waals surface area (Å²) in [6, 6.07) is 1.93. The summed E-state index contributed by atoms with van der Waals surface area (Å²) in [5, 5.41) is 7.07. The molecule has 0 unspecified atom stereocenters. The number of fused-ring (bicyclic) bond motifs is 1. The van der Waals surface area contributed by atoms with Gasteiger partial charge in [0.25, 0.3) is 0 Å². The van der Waals surface area contributed by atoms with Crippen molar-refractivity contribution in [2.75, 3.05) is 6.54 Å². The highest BCUT2D eigenvalue weighted by atomic mass is 16.2. The molecular weight excluding hydrogens is 282 g/mol. The Balaban J connectivity index is 1.62. The predicted molar refractivity (Wildman–Crippen MR) is 79.8 cm³/mol. The van der Waals surface area contributed by atoms with Gasteiger partial charge in [-0.05, 0) is 19.9 Å². The molecule has 2 amide bonds. The number of hydrogen-bond donors (Lipinski definition) is 1. The molecule has 0 spiro atoms. The number of aromatic nitrogens is 3. The molecule has 3 heterocycles. The predicted octanol–water partition coefficient (Wildman–Crippen LogP) is 0.602. The summed E-state index contributed by atoms with van der Waals surface area (Å²) in [6.45, 7) is 4.78. The molecule has 0 aromatic carbocycles. The monoisotopic (exact) mass is 301 g/mol. The van der Waals surface area contributed by atoms with Crippen LogP contribution in [0.1, 0.15) is 25.8 Å². The molecule has 1 N–H and O–H groups in total. The van der Waals surface area contributed by atoms with Crippen LogP contribution in [0.25, 0.3) is 5.65 Å². The van der Waals surface area contributed by atoms with E-state index in [0.29, 0.717) is 13.1 Å². The van der Waals surface area contributed by atoms with Crippen molar-refractivity contribution in [3.8, 4) is 0 Å². The van der Waals surface area contributed by atoms with E-state index in [1.807, 2.05) is 20.0 Å². The number of carbonyl (C=O) groups excluding carboxylic acids is 2. The molecule has 2 aromatic rings. The van der Waals surface area contributed by atoms with Crippen molar-refractivity contribution < 1.29 is 9.59 Å². The number of amides is 2. The summed E-state index contributed by atoms with van der Waals surface area (Å²) < 4.78 is 1.67. The second kappa shape index (κ2) is 5.75. The Morgan fingerprint density at radius 2 is 2.32 bits per heavy atom. The summed E-state index contributed by atoms with van der Waals surface area (Å²) >= 11 is 0. The van der Waals surface area contributed by atoms with Crippen LogP contribution in [0.2, 0.25) is 0 Å². The Morgan fingerprint density at radius 1 is 1.50 bits per heavy atom. The topological polar surface area (TPSA) is 79.6 Å². The third-order valence-corrected chi connectivity index (χ3v) is 3.96.